The predicted octanol–water partition coefficient (Wildman–Crippen LogP) is 0.801. The fourth-order valence-electron chi connectivity index (χ4n) is 2.62. The molecule has 1 aliphatic rings. The Bertz CT molecular complexity index is 368. The van der Waals surface area contributed by atoms with E-state index in [9.17, 15) is 14.7 Å². The summed E-state index contributed by atoms with van der Waals surface area (Å²) in [6.45, 7) is 5.92. The molecular weight excluding hydrogens is 250 g/mol. The number of esters is 1. The number of carbonyl (C=O) groups excluding carboxylic acids is 2. The SMILES string of the molecule is C=C(C)[C@H]1CN(C(=O)OC)[C@H](CO)[C@H]1CC(=O)OC. The summed E-state index contributed by atoms with van der Waals surface area (Å²) in [5, 5.41) is 9.51. The van der Waals surface area contributed by atoms with Crippen molar-refractivity contribution < 1.29 is 24.2 Å². The van der Waals surface area contributed by atoms with Crippen molar-refractivity contribution in [2.24, 2.45) is 11.8 Å². The first-order valence-corrected chi connectivity index (χ1v) is 6.13. The summed E-state index contributed by atoms with van der Waals surface area (Å²) in [5.74, 6) is -0.606. The fraction of sp³-hybridized carbons (Fsp3) is 0.692. The summed E-state index contributed by atoms with van der Waals surface area (Å²) >= 11 is 0. The van der Waals surface area contributed by atoms with Crippen molar-refractivity contribution in [2.45, 2.75) is 19.4 Å². The first-order chi connectivity index (χ1) is 8.96. The van der Waals surface area contributed by atoms with E-state index in [1.165, 1.54) is 19.1 Å². The van der Waals surface area contributed by atoms with Crippen LogP contribution in [0, 0.1) is 11.8 Å². The van der Waals surface area contributed by atoms with Gasteiger partial charge in [-0.15, -0.1) is 0 Å². The number of hydrogen-bond acceptors (Lipinski definition) is 5. The van der Waals surface area contributed by atoms with Crippen molar-refractivity contribution in [3.05, 3.63) is 12.2 Å². The molecular formula is C13H21NO5. The van der Waals surface area contributed by atoms with E-state index in [1.807, 2.05) is 6.92 Å². The van der Waals surface area contributed by atoms with Gasteiger partial charge in [0.15, 0.2) is 0 Å². The molecule has 1 fully saturated rings. The topological polar surface area (TPSA) is 76.1 Å². The summed E-state index contributed by atoms with van der Waals surface area (Å²) in [6.07, 6.45) is -0.357. The average molecular weight is 271 g/mol. The van der Waals surface area contributed by atoms with Crippen LogP contribution in [-0.4, -0.2) is 55.5 Å². The molecule has 108 valence electrons. The summed E-state index contributed by atoms with van der Waals surface area (Å²) in [7, 11) is 2.61. The smallest absolute Gasteiger partial charge is 0.409 e. The molecule has 0 saturated carbocycles. The maximum Gasteiger partial charge on any atom is 0.409 e. The average Bonchev–Trinajstić information content (AvgIpc) is 2.76. The fourth-order valence-corrected chi connectivity index (χ4v) is 2.62. The van der Waals surface area contributed by atoms with Crippen LogP contribution in [0.25, 0.3) is 0 Å². The first-order valence-electron chi connectivity index (χ1n) is 6.13. The lowest BCUT2D eigenvalue weighted by molar-refractivity contribution is -0.142. The standard InChI is InChI=1S/C13H21NO5/c1-8(2)10-6-14(13(17)19-4)11(7-15)9(10)5-12(16)18-3/h9-11,15H,1,5-7H2,2-4H3/t9-,10+,11+/m0/s1. The molecule has 0 radical (unpaired) electrons. The lowest BCUT2D eigenvalue weighted by Gasteiger charge is -2.25. The van der Waals surface area contributed by atoms with E-state index in [1.54, 1.807) is 0 Å². The molecule has 0 unspecified atom stereocenters. The van der Waals surface area contributed by atoms with Gasteiger partial charge in [0.05, 0.1) is 33.3 Å². The van der Waals surface area contributed by atoms with Crippen molar-refractivity contribution in [1.29, 1.82) is 0 Å². The van der Waals surface area contributed by atoms with Crippen molar-refractivity contribution >= 4 is 12.1 Å². The van der Waals surface area contributed by atoms with E-state index in [-0.39, 0.29) is 30.8 Å². The monoisotopic (exact) mass is 271 g/mol. The van der Waals surface area contributed by atoms with E-state index in [0.29, 0.717) is 6.54 Å². The van der Waals surface area contributed by atoms with Crippen LogP contribution in [-0.2, 0) is 14.3 Å². The molecule has 1 amide bonds. The van der Waals surface area contributed by atoms with Crippen LogP contribution in [0.4, 0.5) is 4.79 Å². The highest BCUT2D eigenvalue weighted by Crippen LogP contribution is 2.36. The number of methoxy groups -OCH3 is 2. The van der Waals surface area contributed by atoms with Gasteiger partial charge in [-0.05, 0) is 6.92 Å². The second-order valence-electron chi connectivity index (χ2n) is 4.77. The maximum atomic E-state index is 11.7. The van der Waals surface area contributed by atoms with Crippen LogP contribution in [0.3, 0.4) is 0 Å². The van der Waals surface area contributed by atoms with Crippen LogP contribution >= 0.6 is 0 Å². The minimum atomic E-state index is -0.502. The van der Waals surface area contributed by atoms with Gasteiger partial charge in [0, 0.05) is 18.4 Å². The number of aliphatic hydroxyl groups is 1. The molecule has 19 heavy (non-hydrogen) atoms. The van der Waals surface area contributed by atoms with Crippen molar-refractivity contribution in [2.75, 3.05) is 27.4 Å². The molecule has 1 rings (SSSR count). The highest BCUT2D eigenvalue weighted by atomic mass is 16.5. The molecule has 0 aliphatic carbocycles. The van der Waals surface area contributed by atoms with Gasteiger partial charge in [-0.3, -0.25) is 4.79 Å². The van der Waals surface area contributed by atoms with Crippen molar-refractivity contribution in [3.8, 4) is 0 Å². The Morgan fingerprint density at radius 3 is 2.42 bits per heavy atom. The number of rotatable bonds is 4. The van der Waals surface area contributed by atoms with Crippen LogP contribution in [0.1, 0.15) is 13.3 Å². The van der Waals surface area contributed by atoms with Gasteiger partial charge in [-0.25, -0.2) is 4.79 Å². The largest absolute Gasteiger partial charge is 0.469 e. The van der Waals surface area contributed by atoms with Crippen LogP contribution in [0.15, 0.2) is 12.2 Å². The van der Waals surface area contributed by atoms with E-state index in [0.717, 1.165) is 5.57 Å². The molecule has 1 aliphatic heterocycles. The molecule has 1 heterocycles. The molecule has 0 bridgehead atoms. The second-order valence-corrected chi connectivity index (χ2v) is 4.77. The number of amides is 1. The van der Waals surface area contributed by atoms with Gasteiger partial charge in [-0.2, -0.15) is 0 Å². The Kier molecular flexibility index (Phi) is 5.35. The Labute approximate surface area is 113 Å². The number of carbonyl (C=O) groups is 2. The van der Waals surface area contributed by atoms with Gasteiger partial charge in [-0.1, -0.05) is 12.2 Å². The molecule has 3 atom stereocenters. The summed E-state index contributed by atoms with van der Waals surface area (Å²) in [4.78, 5) is 24.6. The normalized spacial score (nSPS) is 26.1. The minimum absolute atomic E-state index is 0.0460. The minimum Gasteiger partial charge on any atom is -0.469 e. The van der Waals surface area contributed by atoms with Crippen LogP contribution < -0.4 is 0 Å². The van der Waals surface area contributed by atoms with E-state index in [2.05, 4.69) is 11.3 Å². The highest BCUT2D eigenvalue weighted by Gasteiger charge is 2.45. The summed E-state index contributed by atoms with van der Waals surface area (Å²) in [6, 6.07) is -0.451. The molecule has 6 nitrogen and oxygen atoms in total. The molecule has 0 aromatic carbocycles. The summed E-state index contributed by atoms with van der Waals surface area (Å²) in [5.41, 5.74) is 0.874. The lowest BCUT2D eigenvalue weighted by atomic mass is 9.84. The third kappa shape index (κ3) is 3.26. The van der Waals surface area contributed by atoms with Crippen molar-refractivity contribution in [3.63, 3.8) is 0 Å². The van der Waals surface area contributed by atoms with Crippen LogP contribution in [0.5, 0.6) is 0 Å². The molecule has 0 aromatic rings. The van der Waals surface area contributed by atoms with Gasteiger partial charge in [0.2, 0.25) is 0 Å². The van der Waals surface area contributed by atoms with Gasteiger partial charge >= 0.3 is 12.1 Å². The Hall–Kier alpha value is -1.56. The highest BCUT2D eigenvalue weighted by molar-refractivity contribution is 5.71. The number of aliphatic hydroxyl groups excluding tert-OH is 1. The molecule has 1 saturated heterocycles. The third-order valence-corrected chi connectivity index (χ3v) is 3.66. The van der Waals surface area contributed by atoms with E-state index >= 15 is 0 Å². The zero-order valence-corrected chi connectivity index (χ0v) is 11.6. The Morgan fingerprint density at radius 2 is 2.00 bits per heavy atom. The zero-order valence-electron chi connectivity index (χ0n) is 11.6. The number of nitrogens with zero attached hydrogens (tertiary/aromatic N) is 1. The predicted molar refractivity (Wildman–Crippen MR) is 68.4 cm³/mol. The maximum absolute atomic E-state index is 11.7. The van der Waals surface area contributed by atoms with Crippen molar-refractivity contribution in [1.82, 2.24) is 4.90 Å². The Morgan fingerprint density at radius 1 is 1.37 bits per heavy atom. The molecule has 1 N–H and O–H groups in total. The van der Waals surface area contributed by atoms with Crippen LogP contribution in [0.2, 0.25) is 0 Å². The van der Waals surface area contributed by atoms with E-state index < -0.39 is 12.1 Å². The molecule has 6 heteroatoms. The lowest BCUT2D eigenvalue weighted by Crippen LogP contribution is -2.40. The Balaban J connectivity index is 2.96. The zero-order chi connectivity index (χ0) is 14.6. The molecule has 0 spiro atoms. The van der Waals surface area contributed by atoms with Gasteiger partial charge in [0.25, 0.3) is 0 Å². The summed E-state index contributed by atoms with van der Waals surface area (Å²) < 4.78 is 9.37. The molecule has 0 aromatic heterocycles. The number of likely N-dealkylation sites (tertiary alicyclic amines) is 1. The second kappa shape index (κ2) is 6.56. The quantitative estimate of drug-likeness (QED) is 0.604. The van der Waals surface area contributed by atoms with E-state index in [4.69, 9.17) is 4.74 Å². The number of ether oxygens (including phenoxy) is 2. The van der Waals surface area contributed by atoms with Gasteiger partial charge in [0.1, 0.15) is 0 Å². The van der Waals surface area contributed by atoms with Gasteiger partial charge < -0.3 is 19.5 Å². The third-order valence-electron chi connectivity index (χ3n) is 3.66. The number of hydrogen-bond donors (Lipinski definition) is 1. The first kappa shape index (κ1) is 15.5.